The van der Waals surface area contributed by atoms with Gasteiger partial charge in [-0.05, 0) is 36.1 Å². The quantitative estimate of drug-likeness (QED) is 0.909. The molecule has 1 aromatic heterocycles. The smallest absolute Gasteiger partial charge is 0.262 e. The number of carbonyl (C=O) groups excluding carboxylic acids is 1. The maximum Gasteiger partial charge on any atom is 0.262 e. The van der Waals surface area contributed by atoms with Crippen molar-refractivity contribution >= 4 is 22.9 Å². The van der Waals surface area contributed by atoms with Gasteiger partial charge >= 0.3 is 0 Å². The first-order chi connectivity index (χ1) is 9.72. The Balaban J connectivity index is 1.66. The molecular formula is C15H16N2O2S. The van der Waals surface area contributed by atoms with Crippen LogP contribution in [-0.4, -0.2) is 12.5 Å². The highest BCUT2D eigenvalue weighted by molar-refractivity contribution is 7.10. The van der Waals surface area contributed by atoms with Crippen molar-refractivity contribution in [2.24, 2.45) is 0 Å². The maximum atomic E-state index is 11.3. The van der Waals surface area contributed by atoms with E-state index in [0.717, 1.165) is 23.5 Å². The van der Waals surface area contributed by atoms with Gasteiger partial charge in [0.15, 0.2) is 6.61 Å². The van der Waals surface area contributed by atoms with Gasteiger partial charge in [0.1, 0.15) is 5.75 Å². The number of fused-ring (bicyclic) bond motifs is 1. The van der Waals surface area contributed by atoms with E-state index in [-0.39, 0.29) is 12.5 Å². The molecule has 2 heterocycles. The van der Waals surface area contributed by atoms with Crippen molar-refractivity contribution in [2.45, 2.75) is 19.5 Å². The second-order valence-corrected chi connectivity index (χ2v) is 5.76. The SMILES string of the molecule is C[C@@H](NCc1ccc2c(c1)NC(=O)CO2)c1cccs1. The minimum atomic E-state index is -0.102. The van der Waals surface area contributed by atoms with Crippen molar-refractivity contribution in [2.75, 3.05) is 11.9 Å². The summed E-state index contributed by atoms with van der Waals surface area (Å²) in [7, 11) is 0. The van der Waals surface area contributed by atoms with Crippen LogP contribution in [0.25, 0.3) is 0 Å². The summed E-state index contributed by atoms with van der Waals surface area (Å²) in [5.41, 5.74) is 1.88. The largest absolute Gasteiger partial charge is 0.482 e. The number of benzene rings is 1. The van der Waals surface area contributed by atoms with Gasteiger partial charge in [0.2, 0.25) is 0 Å². The van der Waals surface area contributed by atoms with Gasteiger partial charge in [0.05, 0.1) is 5.69 Å². The van der Waals surface area contributed by atoms with Crippen LogP contribution < -0.4 is 15.4 Å². The molecule has 0 aliphatic carbocycles. The van der Waals surface area contributed by atoms with E-state index in [4.69, 9.17) is 4.74 Å². The Bertz CT molecular complexity index is 610. The fourth-order valence-electron chi connectivity index (χ4n) is 2.15. The van der Waals surface area contributed by atoms with Crippen LogP contribution in [0.5, 0.6) is 5.75 Å². The van der Waals surface area contributed by atoms with Crippen molar-refractivity contribution < 1.29 is 9.53 Å². The molecule has 1 aromatic carbocycles. The Kier molecular flexibility index (Phi) is 3.71. The Hall–Kier alpha value is -1.85. The summed E-state index contributed by atoms with van der Waals surface area (Å²) in [4.78, 5) is 12.6. The molecule has 2 aromatic rings. The number of anilines is 1. The lowest BCUT2D eigenvalue weighted by atomic mass is 10.1. The molecule has 0 saturated carbocycles. The fraction of sp³-hybridized carbons (Fsp3) is 0.267. The predicted octanol–water partition coefficient (Wildman–Crippen LogP) is 2.93. The third-order valence-corrected chi connectivity index (χ3v) is 4.31. The molecule has 2 N–H and O–H groups in total. The van der Waals surface area contributed by atoms with E-state index < -0.39 is 0 Å². The summed E-state index contributed by atoms with van der Waals surface area (Å²) in [5.74, 6) is 0.634. The number of amides is 1. The van der Waals surface area contributed by atoms with E-state index in [1.54, 1.807) is 11.3 Å². The normalized spacial score (nSPS) is 15.2. The van der Waals surface area contributed by atoms with Gasteiger partial charge in [-0.25, -0.2) is 0 Å². The Morgan fingerprint density at radius 3 is 3.15 bits per heavy atom. The van der Waals surface area contributed by atoms with Crippen LogP contribution in [0.2, 0.25) is 0 Å². The molecule has 0 bridgehead atoms. The highest BCUT2D eigenvalue weighted by Crippen LogP contribution is 2.28. The van der Waals surface area contributed by atoms with Gasteiger partial charge < -0.3 is 15.4 Å². The van der Waals surface area contributed by atoms with E-state index in [9.17, 15) is 4.79 Å². The number of carbonyl (C=O) groups is 1. The second-order valence-electron chi connectivity index (χ2n) is 4.79. The maximum absolute atomic E-state index is 11.3. The molecule has 1 atom stereocenters. The molecule has 1 aliphatic heterocycles. The van der Waals surface area contributed by atoms with Crippen LogP contribution in [-0.2, 0) is 11.3 Å². The van der Waals surface area contributed by atoms with Crippen molar-refractivity contribution in [3.63, 3.8) is 0 Å². The molecule has 0 spiro atoms. The van der Waals surface area contributed by atoms with Crippen LogP contribution in [0, 0.1) is 0 Å². The molecule has 3 rings (SSSR count). The third-order valence-electron chi connectivity index (χ3n) is 3.26. The summed E-state index contributed by atoms with van der Waals surface area (Å²) >= 11 is 1.75. The standard InChI is InChI=1S/C15H16N2O2S/c1-10(14-3-2-6-20-14)16-8-11-4-5-13-12(7-11)17-15(18)9-19-13/h2-7,10,16H,8-9H2,1H3,(H,17,18)/t10-/m1/s1. The minimum absolute atomic E-state index is 0.0972. The first-order valence-corrected chi connectivity index (χ1v) is 7.43. The van der Waals surface area contributed by atoms with Crippen LogP contribution in [0.15, 0.2) is 35.7 Å². The Morgan fingerprint density at radius 2 is 2.35 bits per heavy atom. The summed E-state index contributed by atoms with van der Waals surface area (Å²) in [5, 5.41) is 8.38. The number of ether oxygens (including phenoxy) is 1. The molecule has 1 amide bonds. The summed E-state index contributed by atoms with van der Waals surface area (Å²) in [6.45, 7) is 3.00. The number of rotatable bonds is 4. The van der Waals surface area contributed by atoms with E-state index in [0.29, 0.717) is 6.04 Å². The molecular weight excluding hydrogens is 272 g/mol. The Morgan fingerprint density at radius 1 is 1.45 bits per heavy atom. The lowest BCUT2D eigenvalue weighted by Crippen LogP contribution is -2.25. The van der Waals surface area contributed by atoms with Crippen molar-refractivity contribution in [1.29, 1.82) is 0 Å². The van der Waals surface area contributed by atoms with Gasteiger partial charge in [-0.15, -0.1) is 11.3 Å². The van der Waals surface area contributed by atoms with Crippen LogP contribution in [0.4, 0.5) is 5.69 Å². The van der Waals surface area contributed by atoms with Gasteiger partial charge in [0.25, 0.3) is 5.91 Å². The second kappa shape index (κ2) is 5.64. The highest BCUT2D eigenvalue weighted by Gasteiger charge is 2.16. The van der Waals surface area contributed by atoms with Crippen LogP contribution >= 0.6 is 11.3 Å². The monoisotopic (exact) mass is 288 g/mol. The van der Waals surface area contributed by atoms with Gasteiger partial charge in [0, 0.05) is 17.5 Å². The number of hydrogen-bond acceptors (Lipinski definition) is 4. The van der Waals surface area contributed by atoms with Crippen LogP contribution in [0.1, 0.15) is 23.4 Å². The van der Waals surface area contributed by atoms with E-state index in [2.05, 4.69) is 35.1 Å². The summed E-state index contributed by atoms with van der Waals surface area (Å²) in [6.07, 6.45) is 0. The van der Waals surface area contributed by atoms with Crippen molar-refractivity contribution in [3.8, 4) is 5.75 Å². The highest BCUT2D eigenvalue weighted by atomic mass is 32.1. The van der Waals surface area contributed by atoms with Crippen LogP contribution in [0.3, 0.4) is 0 Å². The zero-order valence-corrected chi connectivity index (χ0v) is 12.0. The first-order valence-electron chi connectivity index (χ1n) is 6.55. The Labute approximate surface area is 121 Å². The molecule has 0 unspecified atom stereocenters. The van der Waals surface area contributed by atoms with Gasteiger partial charge in [-0.3, -0.25) is 4.79 Å². The molecule has 4 nitrogen and oxygen atoms in total. The van der Waals surface area contributed by atoms with Gasteiger partial charge in [-0.1, -0.05) is 12.1 Å². The van der Waals surface area contributed by atoms with Gasteiger partial charge in [-0.2, -0.15) is 0 Å². The van der Waals surface area contributed by atoms with Crippen molar-refractivity contribution in [3.05, 3.63) is 46.2 Å². The minimum Gasteiger partial charge on any atom is -0.482 e. The molecule has 5 heteroatoms. The molecule has 0 fully saturated rings. The van der Waals surface area contributed by atoms with E-state index in [1.165, 1.54) is 4.88 Å². The summed E-state index contributed by atoms with van der Waals surface area (Å²) in [6, 6.07) is 10.4. The number of nitrogens with one attached hydrogen (secondary N) is 2. The van der Waals surface area contributed by atoms with E-state index in [1.807, 2.05) is 18.2 Å². The predicted molar refractivity (Wildman–Crippen MR) is 80.1 cm³/mol. The molecule has 0 radical (unpaired) electrons. The topological polar surface area (TPSA) is 50.4 Å². The average Bonchev–Trinajstić information content (AvgIpc) is 2.98. The lowest BCUT2D eigenvalue weighted by molar-refractivity contribution is -0.118. The molecule has 0 saturated heterocycles. The number of hydrogen-bond donors (Lipinski definition) is 2. The zero-order chi connectivity index (χ0) is 13.9. The fourth-order valence-corrected chi connectivity index (χ4v) is 2.91. The van der Waals surface area contributed by atoms with E-state index >= 15 is 0 Å². The zero-order valence-electron chi connectivity index (χ0n) is 11.2. The number of thiophene rings is 1. The summed E-state index contributed by atoms with van der Waals surface area (Å²) < 4.78 is 5.34. The molecule has 1 aliphatic rings. The molecule has 104 valence electrons. The average molecular weight is 288 g/mol. The first kappa shape index (κ1) is 13.1. The van der Waals surface area contributed by atoms with Crippen molar-refractivity contribution in [1.82, 2.24) is 5.32 Å². The molecule has 20 heavy (non-hydrogen) atoms. The third kappa shape index (κ3) is 2.84. The lowest BCUT2D eigenvalue weighted by Gasteiger charge is -2.19.